The van der Waals surface area contributed by atoms with Crippen molar-refractivity contribution in [1.82, 2.24) is 10.2 Å². The molecule has 0 amide bonds. The Kier molecular flexibility index (Phi) is 5.73. The maximum atomic E-state index is 5.51. The molecule has 1 atom stereocenters. The van der Waals surface area contributed by atoms with Gasteiger partial charge in [0.15, 0.2) is 0 Å². The first kappa shape index (κ1) is 13.9. The van der Waals surface area contributed by atoms with E-state index in [1.165, 1.54) is 12.8 Å². The molecule has 1 unspecified atom stereocenters. The van der Waals surface area contributed by atoms with Crippen LogP contribution in [0.25, 0.3) is 0 Å². The summed E-state index contributed by atoms with van der Waals surface area (Å²) in [4.78, 5) is 2.56. The monoisotopic (exact) mass is 228 g/mol. The molecule has 0 radical (unpaired) electrons. The van der Waals surface area contributed by atoms with Crippen molar-refractivity contribution in [3.8, 4) is 0 Å². The smallest absolute Gasteiger partial charge is 0.0622 e. The van der Waals surface area contributed by atoms with Crippen LogP contribution >= 0.6 is 0 Å². The van der Waals surface area contributed by atoms with Crippen LogP contribution in [0.3, 0.4) is 0 Å². The summed E-state index contributed by atoms with van der Waals surface area (Å²) in [5, 5.41) is 3.62. The quantitative estimate of drug-likeness (QED) is 0.751. The van der Waals surface area contributed by atoms with E-state index in [9.17, 15) is 0 Å². The van der Waals surface area contributed by atoms with Crippen molar-refractivity contribution in [2.45, 2.75) is 52.1 Å². The highest BCUT2D eigenvalue weighted by Gasteiger charge is 2.21. The van der Waals surface area contributed by atoms with Gasteiger partial charge in [-0.05, 0) is 26.7 Å². The number of nitrogens with zero attached hydrogens (tertiary/aromatic N) is 1. The lowest BCUT2D eigenvalue weighted by molar-refractivity contribution is -0.00849. The molecule has 1 N–H and O–H groups in total. The Morgan fingerprint density at radius 2 is 2.12 bits per heavy atom. The topological polar surface area (TPSA) is 24.5 Å². The summed E-state index contributed by atoms with van der Waals surface area (Å²) in [5.41, 5.74) is 0.272. The van der Waals surface area contributed by atoms with E-state index in [2.05, 4.69) is 37.9 Å². The van der Waals surface area contributed by atoms with Gasteiger partial charge < -0.3 is 10.1 Å². The van der Waals surface area contributed by atoms with E-state index in [-0.39, 0.29) is 5.54 Å². The normalized spacial score (nSPS) is 23.6. The Labute approximate surface area is 101 Å². The SMILES string of the molecule is CCC1COCCN1CCNC(C)(C)CC. The van der Waals surface area contributed by atoms with Gasteiger partial charge in [-0.25, -0.2) is 0 Å². The Morgan fingerprint density at radius 1 is 1.38 bits per heavy atom. The fourth-order valence-corrected chi connectivity index (χ4v) is 2.02. The summed E-state index contributed by atoms with van der Waals surface area (Å²) in [6.07, 6.45) is 2.37. The van der Waals surface area contributed by atoms with E-state index < -0.39 is 0 Å². The molecule has 0 aliphatic carbocycles. The van der Waals surface area contributed by atoms with Crippen molar-refractivity contribution >= 4 is 0 Å². The first-order chi connectivity index (χ1) is 7.59. The van der Waals surface area contributed by atoms with Gasteiger partial charge in [-0.2, -0.15) is 0 Å². The summed E-state index contributed by atoms with van der Waals surface area (Å²) >= 11 is 0. The maximum absolute atomic E-state index is 5.51. The van der Waals surface area contributed by atoms with Crippen LogP contribution in [0.4, 0.5) is 0 Å². The van der Waals surface area contributed by atoms with Crippen molar-refractivity contribution in [2.24, 2.45) is 0 Å². The van der Waals surface area contributed by atoms with E-state index in [0.29, 0.717) is 6.04 Å². The van der Waals surface area contributed by atoms with E-state index in [4.69, 9.17) is 4.74 Å². The molecule has 1 saturated heterocycles. The molecule has 1 rings (SSSR count). The molecule has 0 spiro atoms. The average Bonchev–Trinajstić information content (AvgIpc) is 2.29. The summed E-state index contributed by atoms with van der Waals surface area (Å²) in [6.45, 7) is 14.1. The second-order valence-corrected chi connectivity index (χ2v) is 5.34. The average molecular weight is 228 g/mol. The first-order valence-corrected chi connectivity index (χ1v) is 6.66. The van der Waals surface area contributed by atoms with Crippen LogP contribution in [0.15, 0.2) is 0 Å². The predicted molar refractivity (Wildman–Crippen MR) is 68.8 cm³/mol. The van der Waals surface area contributed by atoms with E-state index >= 15 is 0 Å². The highest BCUT2D eigenvalue weighted by Crippen LogP contribution is 2.10. The van der Waals surface area contributed by atoms with Crippen molar-refractivity contribution in [3.05, 3.63) is 0 Å². The molecule has 3 nitrogen and oxygen atoms in total. The van der Waals surface area contributed by atoms with Gasteiger partial charge in [0.2, 0.25) is 0 Å². The van der Waals surface area contributed by atoms with Gasteiger partial charge in [0.1, 0.15) is 0 Å². The minimum Gasteiger partial charge on any atom is -0.378 e. The molecule has 16 heavy (non-hydrogen) atoms. The van der Waals surface area contributed by atoms with Gasteiger partial charge in [-0.15, -0.1) is 0 Å². The molecule has 3 heteroatoms. The molecular weight excluding hydrogens is 200 g/mol. The third-order valence-electron chi connectivity index (χ3n) is 3.71. The summed E-state index contributed by atoms with van der Waals surface area (Å²) in [7, 11) is 0. The Hall–Kier alpha value is -0.120. The maximum Gasteiger partial charge on any atom is 0.0622 e. The lowest BCUT2D eigenvalue weighted by atomic mass is 10.0. The fourth-order valence-electron chi connectivity index (χ4n) is 2.02. The van der Waals surface area contributed by atoms with Crippen molar-refractivity contribution in [3.63, 3.8) is 0 Å². The number of hydrogen-bond donors (Lipinski definition) is 1. The Balaban J connectivity index is 2.25. The second-order valence-electron chi connectivity index (χ2n) is 5.34. The second kappa shape index (κ2) is 6.58. The van der Waals surface area contributed by atoms with Crippen LogP contribution in [0.1, 0.15) is 40.5 Å². The van der Waals surface area contributed by atoms with Crippen molar-refractivity contribution < 1.29 is 4.74 Å². The zero-order valence-corrected chi connectivity index (χ0v) is 11.4. The molecule has 1 heterocycles. The van der Waals surface area contributed by atoms with Crippen LogP contribution in [-0.2, 0) is 4.74 Å². The molecule has 0 aromatic rings. The summed E-state index contributed by atoms with van der Waals surface area (Å²) in [5.74, 6) is 0. The van der Waals surface area contributed by atoms with Gasteiger partial charge in [0, 0.05) is 31.2 Å². The van der Waals surface area contributed by atoms with Gasteiger partial charge in [-0.1, -0.05) is 13.8 Å². The fraction of sp³-hybridized carbons (Fsp3) is 1.00. The zero-order chi connectivity index (χ0) is 12.0. The third kappa shape index (κ3) is 4.40. The van der Waals surface area contributed by atoms with Gasteiger partial charge in [-0.3, -0.25) is 4.90 Å². The van der Waals surface area contributed by atoms with Crippen LogP contribution in [-0.4, -0.2) is 49.3 Å². The minimum atomic E-state index is 0.272. The predicted octanol–water partition coefficient (Wildman–Crippen LogP) is 1.88. The van der Waals surface area contributed by atoms with Crippen LogP contribution in [0.5, 0.6) is 0 Å². The molecule has 1 aliphatic heterocycles. The Morgan fingerprint density at radius 3 is 2.75 bits per heavy atom. The highest BCUT2D eigenvalue weighted by atomic mass is 16.5. The van der Waals surface area contributed by atoms with Crippen LogP contribution in [0, 0.1) is 0 Å². The van der Waals surface area contributed by atoms with E-state index in [1.54, 1.807) is 0 Å². The molecule has 96 valence electrons. The van der Waals surface area contributed by atoms with Crippen molar-refractivity contribution in [1.29, 1.82) is 0 Å². The Bertz CT molecular complexity index is 194. The largest absolute Gasteiger partial charge is 0.378 e. The van der Waals surface area contributed by atoms with Crippen LogP contribution in [0.2, 0.25) is 0 Å². The number of ether oxygens (including phenoxy) is 1. The number of hydrogen-bond acceptors (Lipinski definition) is 3. The molecule has 0 aromatic heterocycles. The standard InChI is InChI=1S/C13H28N2O/c1-5-12-11-16-10-9-15(12)8-7-14-13(3,4)6-2/h12,14H,5-11H2,1-4H3. The minimum absolute atomic E-state index is 0.272. The van der Waals surface area contributed by atoms with E-state index in [1.807, 2.05) is 0 Å². The third-order valence-corrected chi connectivity index (χ3v) is 3.71. The van der Waals surface area contributed by atoms with Crippen LogP contribution < -0.4 is 5.32 Å². The molecule has 1 aliphatic rings. The first-order valence-electron chi connectivity index (χ1n) is 6.66. The molecule has 0 bridgehead atoms. The molecule has 1 fully saturated rings. The lowest BCUT2D eigenvalue weighted by Gasteiger charge is -2.36. The lowest BCUT2D eigenvalue weighted by Crippen LogP contribution is -2.49. The zero-order valence-electron chi connectivity index (χ0n) is 11.4. The van der Waals surface area contributed by atoms with Gasteiger partial charge in [0.05, 0.1) is 13.2 Å². The number of nitrogens with one attached hydrogen (secondary N) is 1. The number of morpholine rings is 1. The van der Waals surface area contributed by atoms with Gasteiger partial charge >= 0.3 is 0 Å². The van der Waals surface area contributed by atoms with Crippen molar-refractivity contribution in [2.75, 3.05) is 32.8 Å². The molecular formula is C13H28N2O. The molecule has 0 aromatic carbocycles. The summed E-state index contributed by atoms with van der Waals surface area (Å²) < 4.78 is 5.51. The van der Waals surface area contributed by atoms with Gasteiger partial charge in [0.25, 0.3) is 0 Å². The molecule has 0 saturated carbocycles. The van der Waals surface area contributed by atoms with E-state index in [0.717, 1.165) is 32.8 Å². The highest BCUT2D eigenvalue weighted by molar-refractivity contribution is 4.78. The summed E-state index contributed by atoms with van der Waals surface area (Å²) in [6, 6.07) is 0.625. The number of rotatable bonds is 6.